The number of carbonyl (C=O) groups excluding carboxylic acids is 1. The second-order valence-corrected chi connectivity index (χ2v) is 8.06. The van der Waals surface area contributed by atoms with E-state index < -0.39 is 0 Å². The SMILES string of the molecule is CN1C(C)(C)CC(NC(=O)c2ccc(-n3cnnn3)cc2)CC1(C)C. The van der Waals surface area contributed by atoms with E-state index in [4.69, 9.17) is 0 Å². The lowest BCUT2D eigenvalue weighted by atomic mass is 9.77. The number of tetrazole rings is 1. The summed E-state index contributed by atoms with van der Waals surface area (Å²) in [4.78, 5) is 15.0. The Morgan fingerprint density at radius 2 is 1.72 bits per heavy atom. The minimum absolute atomic E-state index is 0.0376. The van der Waals surface area contributed by atoms with Crippen molar-refractivity contribution in [1.82, 2.24) is 30.4 Å². The van der Waals surface area contributed by atoms with Gasteiger partial charge in [-0.15, -0.1) is 5.10 Å². The second-order valence-electron chi connectivity index (χ2n) is 8.06. The monoisotopic (exact) mass is 342 g/mol. The van der Waals surface area contributed by atoms with Gasteiger partial charge in [0.1, 0.15) is 6.33 Å². The summed E-state index contributed by atoms with van der Waals surface area (Å²) in [5.74, 6) is -0.0376. The van der Waals surface area contributed by atoms with Crippen LogP contribution in [-0.4, -0.2) is 55.2 Å². The average molecular weight is 342 g/mol. The van der Waals surface area contributed by atoms with E-state index in [-0.39, 0.29) is 23.0 Å². The standard InChI is InChI=1S/C18H26N6O/c1-17(2)10-14(11-18(3,4)23(17)5)20-16(25)13-6-8-15(9-7-13)24-12-19-21-22-24/h6-9,12,14H,10-11H2,1-5H3,(H,20,25). The number of likely N-dealkylation sites (tertiary alicyclic amines) is 1. The summed E-state index contributed by atoms with van der Waals surface area (Å²) in [6, 6.07) is 7.45. The van der Waals surface area contributed by atoms with Gasteiger partial charge in [-0.25, -0.2) is 4.68 Å². The molecule has 134 valence electrons. The van der Waals surface area contributed by atoms with Crippen LogP contribution in [0.4, 0.5) is 0 Å². The maximum absolute atomic E-state index is 12.6. The molecular weight excluding hydrogens is 316 g/mol. The Kier molecular flexibility index (Phi) is 4.36. The highest BCUT2D eigenvalue weighted by atomic mass is 16.1. The first-order chi connectivity index (χ1) is 11.7. The normalized spacial score (nSPS) is 20.4. The maximum Gasteiger partial charge on any atom is 0.251 e. The smallest absolute Gasteiger partial charge is 0.251 e. The number of aromatic nitrogens is 4. The molecule has 2 heterocycles. The highest BCUT2D eigenvalue weighted by Crippen LogP contribution is 2.36. The molecule has 7 heteroatoms. The van der Waals surface area contributed by atoms with Gasteiger partial charge in [0, 0.05) is 22.7 Å². The van der Waals surface area contributed by atoms with Gasteiger partial charge in [-0.1, -0.05) is 0 Å². The van der Waals surface area contributed by atoms with Gasteiger partial charge in [0.05, 0.1) is 5.69 Å². The molecule has 1 aliphatic heterocycles. The molecule has 0 atom stereocenters. The lowest BCUT2D eigenvalue weighted by Crippen LogP contribution is -2.62. The number of benzene rings is 1. The maximum atomic E-state index is 12.6. The number of hydrogen-bond donors (Lipinski definition) is 1. The summed E-state index contributed by atoms with van der Waals surface area (Å²) in [5, 5.41) is 14.3. The van der Waals surface area contributed by atoms with Gasteiger partial charge in [0.15, 0.2) is 0 Å². The van der Waals surface area contributed by atoms with Crippen molar-refractivity contribution in [3.8, 4) is 5.69 Å². The first kappa shape index (κ1) is 17.5. The number of nitrogens with one attached hydrogen (secondary N) is 1. The zero-order valence-electron chi connectivity index (χ0n) is 15.5. The molecule has 2 aromatic rings. The zero-order valence-corrected chi connectivity index (χ0v) is 15.5. The Morgan fingerprint density at radius 3 is 2.24 bits per heavy atom. The fourth-order valence-electron chi connectivity index (χ4n) is 3.79. The summed E-state index contributed by atoms with van der Waals surface area (Å²) in [7, 11) is 2.16. The van der Waals surface area contributed by atoms with Crippen LogP contribution in [0.25, 0.3) is 5.69 Å². The predicted octanol–water partition coefficient (Wildman–Crippen LogP) is 2.04. The third-order valence-corrected chi connectivity index (χ3v) is 5.39. The number of piperidine rings is 1. The molecule has 1 aliphatic rings. The average Bonchev–Trinajstić information content (AvgIpc) is 3.06. The van der Waals surface area contributed by atoms with E-state index in [0.29, 0.717) is 5.56 Å². The fourth-order valence-corrected chi connectivity index (χ4v) is 3.79. The molecule has 7 nitrogen and oxygen atoms in total. The first-order valence-corrected chi connectivity index (χ1v) is 8.57. The number of amides is 1. The number of carbonyl (C=O) groups is 1. The summed E-state index contributed by atoms with van der Waals surface area (Å²) < 4.78 is 1.56. The van der Waals surface area contributed by atoms with Crippen molar-refractivity contribution in [2.75, 3.05) is 7.05 Å². The molecule has 0 bridgehead atoms. The Balaban J connectivity index is 1.70. The minimum Gasteiger partial charge on any atom is -0.349 e. The van der Waals surface area contributed by atoms with Crippen molar-refractivity contribution < 1.29 is 4.79 Å². The molecule has 0 aliphatic carbocycles. The molecule has 3 rings (SSSR count). The molecule has 1 amide bonds. The van der Waals surface area contributed by atoms with E-state index in [0.717, 1.165) is 18.5 Å². The molecule has 1 fully saturated rings. The largest absolute Gasteiger partial charge is 0.349 e. The molecule has 0 unspecified atom stereocenters. The third kappa shape index (κ3) is 3.56. The Labute approximate surface area is 148 Å². The molecule has 0 radical (unpaired) electrons. The van der Waals surface area contributed by atoms with Crippen molar-refractivity contribution in [2.24, 2.45) is 0 Å². The Bertz CT molecular complexity index is 717. The minimum atomic E-state index is -0.0376. The van der Waals surface area contributed by atoms with Crippen LogP contribution in [0.3, 0.4) is 0 Å². The molecule has 1 aromatic carbocycles. The van der Waals surface area contributed by atoms with Gasteiger partial charge in [-0.05, 0) is 82.3 Å². The molecule has 1 aromatic heterocycles. The van der Waals surface area contributed by atoms with Gasteiger partial charge in [0.25, 0.3) is 5.91 Å². The quantitative estimate of drug-likeness (QED) is 0.924. The fraction of sp³-hybridized carbons (Fsp3) is 0.556. The summed E-state index contributed by atoms with van der Waals surface area (Å²) in [6.45, 7) is 8.92. The number of rotatable bonds is 3. The van der Waals surface area contributed by atoms with Gasteiger partial charge in [0.2, 0.25) is 0 Å². The first-order valence-electron chi connectivity index (χ1n) is 8.57. The summed E-state index contributed by atoms with van der Waals surface area (Å²) in [5.41, 5.74) is 1.56. The molecular formula is C18H26N6O. The van der Waals surface area contributed by atoms with Crippen LogP contribution in [0, 0.1) is 0 Å². The van der Waals surface area contributed by atoms with Crippen LogP contribution in [-0.2, 0) is 0 Å². The van der Waals surface area contributed by atoms with E-state index in [1.165, 1.54) is 6.33 Å². The van der Waals surface area contributed by atoms with Crippen molar-refractivity contribution >= 4 is 5.91 Å². The Morgan fingerprint density at radius 1 is 1.12 bits per heavy atom. The molecule has 1 saturated heterocycles. The van der Waals surface area contributed by atoms with Crippen LogP contribution in [0.5, 0.6) is 0 Å². The van der Waals surface area contributed by atoms with Crippen molar-refractivity contribution in [3.05, 3.63) is 36.2 Å². The van der Waals surface area contributed by atoms with Crippen molar-refractivity contribution in [3.63, 3.8) is 0 Å². The molecule has 0 spiro atoms. The molecule has 0 saturated carbocycles. The molecule has 25 heavy (non-hydrogen) atoms. The highest BCUT2D eigenvalue weighted by Gasteiger charge is 2.43. The summed E-state index contributed by atoms with van der Waals surface area (Å²) in [6.07, 6.45) is 3.39. The van der Waals surface area contributed by atoms with Gasteiger partial charge < -0.3 is 5.32 Å². The second kappa shape index (κ2) is 6.22. The van der Waals surface area contributed by atoms with Crippen molar-refractivity contribution in [1.29, 1.82) is 0 Å². The van der Waals surface area contributed by atoms with E-state index in [1.54, 1.807) is 16.8 Å². The van der Waals surface area contributed by atoms with E-state index in [9.17, 15) is 4.79 Å². The van der Waals surface area contributed by atoms with Crippen LogP contribution < -0.4 is 5.32 Å². The number of nitrogens with zero attached hydrogens (tertiary/aromatic N) is 5. The summed E-state index contributed by atoms with van der Waals surface area (Å²) >= 11 is 0. The highest BCUT2D eigenvalue weighted by molar-refractivity contribution is 5.94. The predicted molar refractivity (Wildman–Crippen MR) is 95.6 cm³/mol. The zero-order chi connectivity index (χ0) is 18.2. The number of hydrogen-bond acceptors (Lipinski definition) is 5. The van der Waals surface area contributed by atoms with Gasteiger partial charge in [-0.3, -0.25) is 9.69 Å². The molecule has 1 N–H and O–H groups in total. The van der Waals surface area contributed by atoms with E-state index in [1.807, 2.05) is 12.1 Å². The third-order valence-electron chi connectivity index (χ3n) is 5.39. The lowest BCUT2D eigenvalue weighted by molar-refractivity contribution is -0.0169. The van der Waals surface area contributed by atoms with Crippen LogP contribution in [0.15, 0.2) is 30.6 Å². The van der Waals surface area contributed by atoms with Crippen LogP contribution in [0.2, 0.25) is 0 Å². The topological polar surface area (TPSA) is 75.9 Å². The van der Waals surface area contributed by atoms with Crippen molar-refractivity contribution in [2.45, 2.75) is 57.7 Å². The Hall–Kier alpha value is -2.28. The van der Waals surface area contributed by atoms with Crippen LogP contribution in [0.1, 0.15) is 50.9 Å². The van der Waals surface area contributed by atoms with E-state index >= 15 is 0 Å². The van der Waals surface area contributed by atoms with Gasteiger partial charge >= 0.3 is 0 Å². The van der Waals surface area contributed by atoms with E-state index in [2.05, 4.69) is 60.5 Å². The lowest BCUT2D eigenvalue weighted by Gasteiger charge is -2.53. The van der Waals surface area contributed by atoms with Crippen LogP contribution >= 0.6 is 0 Å². The van der Waals surface area contributed by atoms with Gasteiger partial charge in [-0.2, -0.15) is 0 Å².